The second kappa shape index (κ2) is 12.7. The van der Waals surface area contributed by atoms with Gasteiger partial charge in [-0.15, -0.1) is 0 Å². The summed E-state index contributed by atoms with van der Waals surface area (Å²) >= 11 is 0. The van der Waals surface area contributed by atoms with Crippen LogP contribution in [0.4, 0.5) is 0 Å². The van der Waals surface area contributed by atoms with Crippen molar-refractivity contribution in [1.29, 1.82) is 0 Å². The largest absolute Gasteiger partial charge is 0.455 e. The number of para-hydroxylation sites is 1. The third kappa shape index (κ3) is 4.96. The molecule has 0 atom stereocenters. The lowest BCUT2D eigenvalue weighted by Gasteiger charge is -2.13. The van der Waals surface area contributed by atoms with Crippen molar-refractivity contribution in [2.75, 3.05) is 0 Å². The predicted octanol–water partition coefficient (Wildman–Crippen LogP) is 14.5. The Hall–Kier alpha value is -8.15. The zero-order valence-electron chi connectivity index (χ0n) is 32.2. The molecule has 0 radical (unpaired) electrons. The van der Waals surface area contributed by atoms with E-state index in [4.69, 9.17) is 19.4 Å². The third-order valence-electron chi connectivity index (χ3n) is 12.2. The molecule has 0 saturated heterocycles. The lowest BCUT2D eigenvalue weighted by Crippen LogP contribution is -2.07. The van der Waals surface area contributed by atoms with Gasteiger partial charge in [0.25, 0.3) is 0 Å². The molecule has 13 rings (SSSR count). The zero-order chi connectivity index (χ0) is 39.3. The molecule has 0 aliphatic heterocycles. The van der Waals surface area contributed by atoms with Gasteiger partial charge in [0.2, 0.25) is 5.95 Å². The average molecular weight is 765 g/mol. The van der Waals surface area contributed by atoms with Crippen LogP contribution in [0.25, 0.3) is 127 Å². The minimum Gasteiger partial charge on any atom is -0.455 e. The number of benzene rings is 10. The van der Waals surface area contributed by atoms with Crippen LogP contribution in [0.2, 0.25) is 0 Å². The van der Waals surface area contributed by atoms with Crippen molar-refractivity contribution in [1.82, 2.24) is 19.5 Å². The highest BCUT2D eigenvalue weighted by Crippen LogP contribution is 2.41. The van der Waals surface area contributed by atoms with E-state index >= 15 is 0 Å². The number of aromatic nitrogens is 4. The minimum absolute atomic E-state index is 0.539. The normalized spacial score (nSPS) is 12.0. The van der Waals surface area contributed by atoms with Gasteiger partial charge in [0.05, 0.1) is 16.6 Å². The van der Waals surface area contributed by atoms with E-state index in [1.54, 1.807) is 0 Å². The summed E-state index contributed by atoms with van der Waals surface area (Å²) in [6.07, 6.45) is 0. The second-order valence-electron chi connectivity index (χ2n) is 15.6. The molecule has 0 spiro atoms. The number of hydrogen-bond donors (Lipinski definition) is 0. The monoisotopic (exact) mass is 764 g/mol. The maximum absolute atomic E-state index is 6.78. The lowest BCUT2D eigenvalue weighted by molar-refractivity contribution is 0.670. The zero-order valence-corrected chi connectivity index (χ0v) is 32.2. The first-order valence-electron chi connectivity index (χ1n) is 20.3. The Bertz CT molecular complexity index is 3900. The fraction of sp³-hybridized carbons (Fsp3) is 0. The van der Waals surface area contributed by atoms with Crippen molar-refractivity contribution >= 4 is 86.8 Å². The maximum Gasteiger partial charge on any atom is 0.238 e. The molecule has 0 aliphatic rings. The first kappa shape index (κ1) is 32.9. The van der Waals surface area contributed by atoms with E-state index in [1.165, 1.54) is 10.8 Å². The summed E-state index contributed by atoms with van der Waals surface area (Å²) < 4.78 is 9.03. The van der Waals surface area contributed by atoms with Gasteiger partial charge in [0.15, 0.2) is 11.6 Å². The molecule has 0 unspecified atom stereocenters. The van der Waals surface area contributed by atoms with E-state index in [-0.39, 0.29) is 0 Å². The van der Waals surface area contributed by atoms with Gasteiger partial charge in [-0.05, 0) is 85.2 Å². The molecular weight excluding hydrogens is 733 g/mol. The Balaban J connectivity index is 1.14. The van der Waals surface area contributed by atoms with Crippen LogP contribution in [0.15, 0.2) is 199 Å². The van der Waals surface area contributed by atoms with Crippen molar-refractivity contribution in [3.8, 4) is 39.9 Å². The fourth-order valence-electron chi connectivity index (χ4n) is 9.33. The van der Waals surface area contributed by atoms with Gasteiger partial charge in [-0.1, -0.05) is 158 Å². The van der Waals surface area contributed by atoms with Crippen LogP contribution in [-0.2, 0) is 0 Å². The van der Waals surface area contributed by atoms with Gasteiger partial charge in [-0.3, -0.25) is 4.57 Å². The van der Waals surface area contributed by atoms with Crippen LogP contribution in [0.3, 0.4) is 0 Å². The number of rotatable bonds is 4. The van der Waals surface area contributed by atoms with Crippen molar-refractivity contribution < 1.29 is 4.42 Å². The molecule has 3 heterocycles. The summed E-state index contributed by atoms with van der Waals surface area (Å²) in [5.41, 5.74) is 7.68. The SMILES string of the molecule is c1ccc(-c2cccc3ccc(-c4nc(-c5cccc6c5oc5cc7ccccc7cc56)nc(-n5c6cc7ccccc7cc6c6ccc7ccccc7c65)n4)cc23)cc1. The molecule has 60 heavy (non-hydrogen) atoms. The Morgan fingerprint density at radius 2 is 0.967 bits per heavy atom. The number of hydrogen-bond acceptors (Lipinski definition) is 4. The van der Waals surface area contributed by atoms with Crippen LogP contribution >= 0.6 is 0 Å². The first-order chi connectivity index (χ1) is 29.7. The smallest absolute Gasteiger partial charge is 0.238 e. The highest BCUT2D eigenvalue weighted by atomic mass is 16.3. The van der Waals surface area contributed by atoms with Gasteiger partial charge < -0.3 is 4.42 Å². The maximum atomic E-state index is 6.78. The van der Waals surface area contributed by atoms with Crippen LogP contribution < -0.4 is 0 Å². The summed E-state index contributed by atoms with van der Waals surface area (Å²) in [7, 11) is 0. The highest BCUT2D eigenvalue weighted by Gasteiger charge is 2.22. The molecule has 0 N–H and O–H groups in total. The van der Waals surface area contributed by atoms with E-state index in [0.29, 0.717) is 17.6 Å². The average Bonchev–Trinajstić information content (AvgIpc) is 3.84. The highest BCUT2D eigenvalue weighted by molar-refractivity contribution is 6.20. The molecule has 0 saturated carbocycles. The van der Waals surface area contributed by atoms with Crippen LogP contribution in [0.5, 0.6) is 0 Å². The molecule has 5 heteroatoms. The van der Waals surface area contributed by atoms with Gasteiger partial charge >= 0.3 is 0 Å². The summed E-state index contributed by atoms with van der Waals surface area (Å²) in [4.78, 5) is 16.2. The Morgan fingerprint density at radius 3 is 1.80 bits per heavy atom. The summed E-state index contributed by atoms with van der Waals surface area (Å²) in [5, 5.41) is 13.5. The molecule has 5 nitrogen and oxygen atoms in total. The van der Waals surface area contributed by atoms with Gasteiger partial charge in [0.1, 0.15) is 11.2 Å². The van der Waals surface area contributed by atoms with Crippen molar-refractivity contribution in [2.45, 2.75) is 0 Å². The lowest BCUT2D eigenvalue weighted by atomic mass is 9.96. The second-order valence-corrected chi connectivity index (χ2v) is 15.6. The summed E-state index contributed by atoms with van der Waals surface area (Å²) in [6.45, 7) is 0. The van der Waals surface area contributed by atoms with Crippen LogP contribution in [0, 0.1) is 0 Å². The van der Waals surface area contributed by atoms with Crippen molar-refractivity contribution in [2.24, 2.45) is 0 Å². The molecule has 13 aromatic rings. The molecule has 278 valence electrons. The quantitative estimate of drug-likeness (QED) is 0.179. The third-order valence-corrected chi connectivity index (χ3v) is 12.2. The fourth-order valence-corrected chi connectivity index (χ4v) is 9.33. The molecule has 3 aromatic heterocycles. The Morgan fingerprint density at radius 1 is 0.350 bits per heavy atom. The van der Waals surface area contributed by atoms with E-state index in [1.807, 2.05) is 0 Å². The number of furan rings is 1. The molecular formula is C55H32N4O. The molecule has 0 aliphatic carbocycles. The van der Waals surface area contributed by atoms with Crippen molar-refractivity contribution in [3.63, 3.8) is 0 Å². The Labute approximate surface area is 343 Å². The van der Waals surface area contributed by atoms with Crippen LogP contribution in [-0.4, -0.2) is 19.5 Å². The minimum atomic E-state index is 0.539. The van der Waals surface area contributed by atoms with Crippen molar-refractivity contribution in [3.05, 3.63) is 194 Å². The molecule has 0 fully saturated rings. The standard InChI is InChI=1S/C55H32N4O/c1-2-12-33(13-3-1)41-21-10-19-35-24-25-40(30-46(35)41)53-56-54(45-23-11-22-44-48-29-37-16-5-7-18-39(37)32-50(48)60-52(44)45)58-55(57-53)59-49-31-38-17-6-4-15-36(38)28-47(49)43-27-26-34-14-8-9-20-42(34)51(43)59/h1-32H. The topological polar surface area (TPSA) is 56.7 Å². The molecule has 0 bridgehead atoms. The van der Waals surface area contributed by atoms with Gasteiger partial charge in [0, 0.05) is 32.5 Å². The Kier molecular flexibility index (Phi) is 6.95. The van der Waals surface area contributed by atoms with E-state index in [2.05, 4.69) is 199 Å². The van der Waals surface area contributed by atoms with Gasteiger partial charge in [-0.2, -0.15) is 9.97 Å². The predicted molar refractivity (Wildman–Crippen MR) is 248 cm³/mol. The number of nitrogens with zero attached hydrogens (tertiary/aromatic N) is 4. The number of fused-ring (bicyclic) bond motifs is 11. The summed E-state index contributed by atoms with van der Waals surface area (Å²) in [5.74, 6) is 1.66. The summed E-state index contributed by atoms with van der Waals surface area (Å²) in [6, 6.07) is 68.7. The first-order valence-corrected chi connectivity index (χ1v) is 20.3. The van der Waals surface area contributed by atoms with Crippen LogP contribution in [0.1, 0.15) is 0 Å². The molecule has 10 aromatic carbocycles. The molecule has 0 amide bonds. The van der Waals surface area contributed by atoms with E-state index in [0.717, 1.165) is 98.3 Å². The van der Waals surface area contributed by atoms with Gasteiger partial charge in [-0.25, -0.2) is 4.98 Å². The van der Waals surface area contributed by atoms with E-state index in [9.17, 15) is 0 Å². The van der Waals surface area contributed by atoms with E-state index < -0.39 is 0 Å².